The third-order valence-corrected chi connectivity index (χ3v) is 5.56. The number of rotatable bonds is 10. The van der Waals surface area contributed by atoms with Gasteiger partial charge < -0.3 is 24.3 Å². The Kier molecular flexibility index (Phi) is 8.00. The van der Waals surface area contributed by atoms with Crippen LogP contribution in [0, 0.1) is 0 Å². The summed E-state index contributed by atoms with van der Waals surface area (Å²) in [5, 5.41) is 7.17. The standard InChI is InChI=1S/C25H30N4O5/c1-28-23(9-10-26-28)22-17-19(3-8-24(22)33-16-13-29-11-14-32-15-12-29)27-25(30)18-34-21-6-4-20(31-2)5-7-21/h3-10,17H,11-16,18H2,1-2H3,(H,27,30). The quantitative estimate of drug-likeness (QED) is 0.492. The number of carbonyl (C=O) groups excluding carboxylic acids is 1. The minimum atomic E-state index is -0.257. The summed E-state index contributed by atoms with van der Waals surface area (Å²) in [6, 6.07) is 14.6. The first kappa shape index (κ1) is 23.6. The van der Waals surface area contributed by atoms with Gasteiger partial charge >= 0.3 is 0 Å². The van der Waals surface area contributed by atoms with Gasteiger partial charge in [0.15, 0.2) is 6.61 Å². The molecule has 4 rings (SSSR count). The number of nitrogens with one attached hydrogen (secondary N) is 1. The van der Waals surface area contributed by atoms with Crippen LogP contribution in [0.3, 0.4) is 0 Å². The van der Waals surface area contributed by atoms with Crippen LogP contribution in [0.5, 0.6) is 17.2 Å². The lowest BCUT2D eigenvalue weighted by Gasteiger charge is -2.26. The first-order valence-electron chi connectivity index (χ1n) is 11.2. The lowest BCUT2D eigenvalue weighted by molar-refractivity contribution is -0.118. The molecule has 0 aliphatic carbocycles. The molecule has 1 fully saturated rings. The van der Waals surface area contributed by atoms with Gasteiger partial charge in [-0.05, 0) is 48.5 Å². The van der Waals surface area contributed by atoms with Crippen LogP contribution in [0.1, 0.15) is 0 Å². The Bertz CT molecular complexity index is 1080. The molecule has 1 aliphatic rings. The van der Waals surface area contributed by atoms with Crippen molar-refractivity contribution >= 4 is 11.6 Å². The van der Waals surface area contributed by atoms with Crippen LogP contribution in [0.15, 0.2) is 54.7 Å². The number of anilines is 1. The van der Waals surface area contributed by atoms with Gasteiger partial charge in [0.25, 0.3) is 5.91 Å². The summed E-state index contributed by atoms with van der Waals surface area (Å²) in [7, 11) is 3.48. The number of ether oxygens (including phenoxy) is 4. The summed E-state index contributed by atoms with van der Waals surface area (Å²) in [6.07, 6.45) is 1.74. The molecule has 1 aromatic heterocycles. The summed E-state index contributed by atoms with van der Waals surface area (Å²) in [5.41, 5.74) is 2.41. The van der Waals surface area contributed by atoms with E-state index >= 15 is 0 Å². The summed E-state index contributed by atoms with van der Waals surface area (Å²) in [5.74, 6) is 1.80. The molecule has 1 amide bonds. The number of carbonyl (C=O) groups is 1. The fourth-order valence-electron chi connectivity index (χ4n) is 3.70. The first-order chi connectivity index (χ1) is 16.6. The highest BCUT2D eigenvalue weighted by molar-refractivity contribution is 5.93. The van der Waals surface area contributed by atoms with E-state index in [0.717, 1.165) is 55.6 Å². The molecule has 1 aliphatic heterocycles. The molecule has 1 N–H and O–H groups in total. The van der Waals surface area contributed by atoms with E-state index in [9.17, 15) is 4.79 Å². The molecule has 2 aromatic carbocycles. The second-order valence-electron chi connectivity index (χ2n) is 7.87. The van der Waals surface area contributed by atoms with Crippen molar-refractivity contribution in [2.45, 2.75) is 0 Å². The van der Waals surface area contributed by atoms with Crippen molar-refractivity contribution in [1.29, 1.82) is 0 Å². The normalized spacial score (nSPS) is 13.9. The molecule has 9 heteroatoms. The molecule has 3 aromatic rings. The van der Waals surface area contributed by atoms with Crippen molar-refractivity contribution < 1.29 is 23.7 Å². The van der Waals surface area contributed by atoms with Gasteiger partial charge in [-0.1, -0.05) is 0 Å². The first-order valence-corrected chi connectivity index (χ1v) is 11.2. The molecule has 0 bridgehead atoms. The summed E-state index contributed by atoms with van der Waals surface area (Å²) in [4.78, 5) is 14.8. The van der Waals surface area contributed by atoms with E-state index in [1.807, 2.05) is 31.3 Å². The van der Waals surface area contributed by atoms with Crippen LogP contribution >= 0.6 is 0 Å². The Hall–Kier alpha value is -3.56. The maximum Gasteiger partial charge on any atom is 0.262 e. The van der Waals surface area contributed by atoms with E-state index in [1.54, 1.807) is 42.3 Å². The Morgan fingerprint density at radius 3 is 2.53 bits per heavy atom. The molecule has 0 unspecified atom stereocenters. The number of benzene rings is 2. The average molecular weight is 467 g/mol. The third-order valence-electron chi connectivity index (χ3n) is 5.56. The Balaban J connectivity index is 1.39. The number of hydrogen-bond donors (Lipinski definition) is 1. The third kappa shape index (κ3) is 6.27. The maximum atomic E-state index is 12.5. The maximum absolute atomic E-state index is 12.5. The van der Waals surface area contributed by atoms with Gasteiger partial charge in [0.2, 0.25) is 0 Å². The lowest BCUT2D eigenvalue weighted by Crippen LogP contribution is -2.38. The molecular formula is C25H30N4O5. The van der Waals surface area contributed by atoms with E-state index in [1.165, 1.54) is 0 Å². The molecule has 1 saturated heterocycles. The van der Waals surface area contributed by atoms with Crippen molar-refractivity contribution in [3.8, 4) is 28.5 Å². The Morgan fingerprint density at radius 2 is 1.82 bits per heavy atom. The Labute approximate surface area is 199 Å². The largest absolute Gasteiger partial charge is 0.497 e. The van der Waals surface area contributed by atoms with Crippen LogP contribution in [-0.2, 0) is 16.6 Å². The number of aromatic nitrogens is 2. The second kappa shape index (κ2) is 11.5. The Morgan fingerprint density at radius 1 is 1.06 bits per heavy atom. The van der Waals surface area contributed by atoms with Crippen LogP contribution in [0.25, 0.3) is 11.3 Å². The summed E-state index contributed by atoms with van der Waals surface area (Å²) in [6.45, 7) is 4.64. The van der Waals surface area contributed by atoms with Gasteiger partial charge in [0, 0.05) is 44.1 Å². The highest BCUT2D eigenvalue weighted by Gasteiger charge is 2.15. The van der Waals surface area contributed by atoms with Crippen molar-refractivity contribution in [3.63, 3.8) is 0 Å². The zero-order valence-corrected chi connectivity index (χ0v) is 19.5. The smallest absolute Gasteiger partial charge is 0.262 e. The van der Waals surface area contributed by atoms with Gasteiger partial charge in [-0.25, -0.2) is 0 Å². The molecule has 0 saturated carbocycles. The fourth-order valence-corrected chi connectivity index (χ4v) is 3.70. The number of methoxy groups -OCH3 is 1. The molecule has 2 heterocycles. The van der Waals surface area contributed by atoms with Crippen molar-refractivity contribution in [1.82, 2.24) is 14.7 Å². The molecule has 0 atom stereocenters. The minimum Gasteiger partial charge on any atom is -0.497 e. The predicted molar refractivity (Wildman–Crippen MR) is 129 cm³/mol. The highest BCUT2D eigenvalue weighted by Crippen LogP contribution is 2.32. The number of aryl methyl sites for hydroxylation is 1. The van der Waals surface area contributed by atoms with Gasteiger partial charge in [-0.15, -0.1) is 0 Å². The molecule has 0 radical (unpaired) electrons. The van der Waals surface area contributed by atoms with Crippen LogP contribution in [0.4, 0.5) is 5.69 Å². The monoisotopic (exact) mass is 466 g/mol. The molecule has 180 valence electrons. The lowest BCUT2D eigenvalue weighted by atomic mass is 10.1. The van der Waals surface area contributed by atoms with Crippen molar-refractivity contribution in [2.75, 3.05) is 58.5 Å². The minimum absolute atomic E-state index is 0.106. The van der Waals surface area contributed by atoms with E-state index < -0.39 is 0 Å². The van der Waals surface area contributed by atoms with Crippen LogP contribution in [-0.4, -0.2) is 73.8 Å². The molecule has 0 spiro atoms. The van der Waals surface area contributed by atoms with Gasteiger partial charge in [0.1, 0.15) is 23.9 Å². The fraction of sp³-hybridized carbons (Fsp3) is 0.360. The van der Waals surface area contributed by atoms with E-state index in [4.69, 9.17) is 18.9 Å². The zero-order valence-electron chi connectivity index (χ0n) is 19.5. The van der Waals surface area contributed by atoms with Gasteiger partial charge in [-0.3, -0.25) is 14.4 Å². The topological polar surface area (TPSA) is 87.1 Å². The average Bonchev–Trinajstić information content (AvgIpc) is 3.30. The second-order valence-corrected chi connectivity index (χ2v) is 7.87. The van der Waals surface area contributed by atoms with Crippen LogP contribution < -0.4 is 19.5 Å². The predicted octanol–water partition coefficient (Wildman–Crippen LogP) is 2.82. The van der Waals surface area contributed by atoms with Gasteiger partial charge in [0.05, 0.1) is 26.0 Å². The number of nitrogens with zero attached hydrogens (tertiary/aromatic N) is 3. The zero-order chi connectivity index (χ0) is 23.8. The number of morpholine rings is 1. The highest BCUT2D eigenvalue weighted by atomic mass is 16.5. The van der Waals surface area contributed by atoms with Crippen molar-refractivity contribution in [2.24, 2.45) is 7.05 Å². The van der Waals surface area contributed by atoms with E-state index in [-0.39, 0.29) is 12.5 Å². The van der Waals surface area contributed by atoms with Gasteiger partial charge in [-0.2, -0.15) is 5.10 Å². The van der Waals surface area contributed by atoms with E-state index in [0.29, 0.717) is 18.0 Å². The molecular weight excluding hydrogens is 436 g/mol. The summed E-state index contributed by atoms with van der Waals surface area (Å²) >= 11 is 0. The summed E-state index contributed by atoms with van der Waals surface area (Å²) < 4.78 is 24.0. The van der Waals surface area contributed by atoms with Crippen molar-refractivity contribution in [3.05, 3.63) is 54.7 Å². The molecule has 34 heavy (non-hydrogen) atoms. The SMILES string of the molecule is COc1ccc(OCC(=O)Nc2ccc(OCCN3CCOCC3)c(-c3ccnn3C)c2)cc1. The van der Waals surface area contributed by atoms with E-state index in [2.05, 4.69) is 15.3 Å². The van der Waals surface area contributed by atoms with Crippen LogP contribution in [0.2, 0.25) is 0 Å². The number of amides is 1. The molecule has 9 nitrogen and oxygen atoms in total. The number of hydrogen-bond acceptors (Lipinski definition) is 7.